The van der Waals surface area contributed by atoms with E-state index in [1.807, 2.05) is 67.2 Å². The lowest BCUT2D eigenvalue weighted by Gasteiger charge is -2.32. The molecule has 25 heavy (non-hydrogen) atoms. The zero-order valence-electron chi connectivity index (χ0n) is 15.0. The highest BCUT2D eigenvalue weighted by atomic mass is 16.5. The minimum Gasteiger partial charge on any atom is -0.471 e. The van der Waals surface area contributed by atoms with Crippen LogP contribution in [0.5, 0.6) is 5.88 Å². The Labute approximate surface area is 148 Å². The first kappa shape index (κ1) is 17.2. The van der Waals surface area contributed by atoms with Crippen LogP contribution in [0.15, 0.2) is 36.4 Å². The molecule has 6 heteroatoms. The Kier molecular flexibility index (Phi) is 5.16. The van der Waals surface area contributed by atoms with E-state index < -0.39 is 0 Å². The third-order valence-corrected chi connectivity index (χ3v) is 4.34. The van der Waals surface area contributed by atoms with Crippen LogP contribution < -0.4 is 9.64 Å². The van der Waals surface area contributed by atoms with Crippen LogP contribution in [0.4, 0.5) is 5.69 Å². The molecule has 1 saturated heterocycles. The number of amides is 1. The largest absolute Gasteiger partial charge is 0.471 e. The molecule has 3 rings (SSSR count). The number of likely N-dealkylation sites (tertiary alicyclic amines) is 1. The van der Waals surface area contributed by atoms with Gasteiger partial charge in [0.25, 0.3) is 5.91 Å². The molecule has 1 aliphatic rings. The quantitative estimate of drug-likeness (QED) is 0.856. The summed E-state index contributed by atoms with van der Waals surface area (Å²) in [6.45, 7) is 3.21. The van der Waals surface area contributed by atoms with Gasteiger partial charge in [0, 0.05) is 38.0 Å². The average Bonchev–Trinajstić information content (AvgIpc) is 2.63. The zero-order valence-corrected chi connectivity index (χ0v) is 15.0. The van der Waals surface area contributed by atoms with Crippen molar-refractivity contribution in [3.8, 4) is 5.88 Å². The summed E-state index contributed by atoms with van der Waals surface area (Å²) >= 11 is 0. The molecule has 2 heterocycles. The van der Waals surface area contributed by atoms with E-state index in [1.165, 1.54) is 0 Å². The van der Waals surface area contributed by atoms with Gasteiger partial charge in [-0.2, -0.15) is 5.10 Å². The predicted octanol–water partition coefficient (Wildman–Crippen LogP) is 2.53. The number of aromatic nitrogens is 2. The fourth-order valence-corrected chi connectivity index (χ4v) is 2.94. The highest BCUT2D eigenvalue weighted by Crippen LogP contribution is 2.20. The second-order valence-electron chi connectivity index (χ2n) is 6.59. The summed E-state index contributed by atoms with van der Waals surface area (Å²) in [5, 5.41) is 8.06. The molecule has 1 aliphatic heterocycles. The van der Waals surface area contributed by atoms with Crippen molar-refractivity contribution in [3.63, 3.8) is 0 Å². The SMILES string of the molecule is Cc1ccc(OC2CCCN(C(=O)c3cccc(N(C)C)c3)C2)nn1. The molecule has 6 nitrogen and oxygen atoms in total. The van der Waals surface area contributed by atoms with Crippen molar-refractivity contribution in [1.82, 2.24) is 15.1 Å². The molecule has 1 amide bonds. The van der Waals surface area contributed by atoms with Crippen LogP contribution in [0.25, 0.3) is 0 Å². The highest BCUT2D eigenvalue weighted by Gasteiger charge is 2.26. The molecule has 0 N–H and O–H groups in total. The zero-order chi connectivity index (χ0) is 17.8. The number of piperidine rings is 1. The summed E-state index contributed by atoms with van der Waals surface area (Å²) < 4.78 is 5.91. The van der Waals surface area contributed by atoms with Crippen LogP contribution in [-0.4, -0.2) is 54.3 Å². The van der Waals surface area contributed by atoms with Gasteiger partial charge in [-0.25, -0.2) is 0 Å². The van der Waals surface area contributed by atoms with E-state index in [1.54, 1.807) is 0 Å². The van der Waals surface area contributed by atoms with Gasteiger partial charge in [0.05, 0.1) is 12.2 Å². The lowest BCUT2D eigenvalue weighted by Crippen LogP contribution is -2.44. The van der Waals surface area contributed by atoms with Gasteiger partial charge in [0.1, 0.15) is 6.10 Å². The molecule has 1 aromatic heterocycles. The summed E-state index contributed by atoms with van der Waals surface area (Å²) in [6, 6.07) is 11.4. The smallest absolute Gasteiger partial charge is 0.254 e. The normalized spacial score (nSPS) is 17.2. The molecule has 0 bridgehead atoms. The van der Waals surface area contributed by atoms with Gasteiger partial charge in [-0.05, 0) is 44.0 Å². The second kappa shape index (κ2) is 7.51. The second-order valence-corrected chi connectivity index (χ2v) is 6.59. The molecule has 1 atom stereocenters. The summed E-state index contributed by atoms with van der Waals surface area (Å²) in [6.07, 6.45) is 1.78. The maximum Gasteiger partial charge on any atom is 0.254 e. The summed E-state index contributed by atoms with van der Waals surface area (Å²) in [5.41, 5.74) is 2.58. The van der Waals surface area contributed by atoms with Crippen molar-refractivity contribution in [1.29, 1.82) is 0 Å². The molecule has 1 unspecified atom stereocenters. The predicted molar refractivity (Wildman–Crippen MR) is 97.1 cm³/mol. The highest BCUT2D eigenvalue weighted by molar-refractivity contribution is 5.95. The fourth-order valence-electron chi connectivity index (χ4n) is 2.94. The average molecular weight is 340 g/mol. The third kappa shape index (κ3) is 4.26. The van der Waals surface area contributed by atoms with Crippen LogP contribution in [0.1, 0.15) is 28.9 Å². The van der Waals surface area contributed by atoms with Crippen molar-refractivity contribution in [2.24, 2.45) is 0 Å². The Hall–Kier alpha value is -2.63. The molecular formula is C19H24N4O2. The van der Waals surface area contributed by atoms with Crippen LogP contribution in [-0.2, 0) is 0 Å². The van der Waals surface area contributed by atoms with E-state index in [4.69, 9.17) is 4.74 Å². The monoisotopic (exact) mass is 340 g/mol. The summed E-state index contributed by atoms with van der Waals surface area (Å²) in [4.78, 5) is 16.7. The van der Waals surface area contributed by atoms with Crippen LogP contribution in [0.2, 0.25) is 0 Å². The van der Waals surface area contributed by atoms with Gasteiger partial charge in [-0.3, -0.25) is 4.79 Å². The van der Waals surface area contributed by atoms with Crippen LogP contribution in [0, 0.1) is 6.92 Å². The third-order valence-electron chi connectivity index (χ3n) is 4.34. The van der Waals surface area contributed by atoms with Crippen LogP contribution in [0.3, 0.4) is 0 Å². The molecule has 1 fully saturated rings. The molecule has 1 aromatic carbocycles. The minimum absolute atomic E-state index is 0.0481. The van der Waals surface area contributed by atoms with Gasteiger partial charge >= 0.3 is 0 Å². The number of carbonyl (C=O) groups excluding carboxylic acids is 1. The van der Waals surface area contributed by atoms with E-state index in [-0.39, 0.29) is 12.0 Å². The number of rotatable bonds is 4. The lowest BCUT2D eigenvalue weighted by atomic mass is 10.1. The van der Waals surface area contributed by atoms with E-state index in [9.17, 15) is 4.79 Å². The van der Waals surface area contributed by atoms with Crippen molar-refractivity contribution >= 4 is 11.6 Å². The number of carbonyl (C=O) groups is 1. The Morgan fingerprint density at radius 3 is 2.80 bits per heavy atom. The fraction of sp³-hybridized carbons (Fsp3) is 0.421. The Morgan fingerprint density at radius 1 is 1.24 bits per heavy atom. The number of ether oxygens (including phenoxy) is 1. The van der Waals surface area contributed by atoms with Crippen molar-refractivity contribution in [3.05, 3.63) is 47.7 Å². The first-order valence-electron chi connectivity index (χ1n) is 8.56. The molecule has 0 radical (unpaired) electrons. The summed E-state index contributed by atoms with van der Waals surface area (Å²) in [7, 11) is 3.94. The number of benzene rings is 1. The number of hydrogen-bond acceptors (Lipinski definition) is 5. The standard InChI is InChI=1S/C19H24N4O2/c1-14-9-10-18(21-20-14)25-17-8-5-11-23(13-17)19(24)15-6-4-7-16(12-15)22(2)3/h4,6-7,9-10,12,17H,5,8,11,13H2,1-3H3. The Morgan fingerprint density at radius 2 is 2.08 bits per heavy atom. The maximum atomic E-state index is 12.8. The van der Waals surface area contributed by atoms with Crippen molar-refractivity contribution in [2.75, 3.05) is 32.1 Å². The van der Waals surface area contributed by atoms with Crippen molar-refractivity contribution < 1.29 is 9.53 Å². The molecular weight excluding hydrogens is 316 g/mol. The molecule has 0 saturated carbocycles. The number of anilines is 1. The van der Waals surface area contributed by atoms with Crippen LogP contribution >= 0.6 is 0 Å². The van der Waals surface area contributed by atoms with E-state index >= 15 is 0 Å². The van der Waals surface area contributed by atoms with Gasteiger partial charge < -0.3 is 14.5 Å². The molecule has 0 aliphatic carbocycles. The Bertz CT molecular complexity index is 730. The first-order chi connectivity index (χ1) is 12.0. The van der Waals surface area contributed by atoms with Gasteiger partial charge in [0.2, 0.25) is 5.88 Å². The first-order valence-corrected chi connectivity index (χ1v) is 8.56. The Balaban J connectivity index is 1.67. The lowest BCUT2D eigenvalue weighted by molar-refractivity contribution is 0.0525. The van der Waals surface area contributed by atoms with E-state index in [2.05, 4.69) is 10.2 Å². The number of nitrogens with zero attached hydrogens (tertiary/aromatic N) is 4. The number of aryl methyl sites for hydroxylation is 1. The minimum atomic E-state index is -0.0493. The van der Waals surface area contributed by atoms with Gasteiger partial charge in [-0.15, -0.1) is 5.10 Å². The van der Waals surface area contributed by atoms with Gasteiger partial charge in [-0.1, -0.05) is 6.07 Å². The topological polar surface area (TPSA) is 58.6 Å². The number of hydrogen-bond donors (Lipinski definition) is 0. The summed E-state index contributed by atoms with van der Waals surface area (Å²) in [5.74, 6) is 0.562. The molecule has 2 aromatic rings. The molecule has 132 valence electrons. The van der Waals surface area contributed by atoms with E-state index in [0.717, 1.165) is 30.8 Å². The van der Waals surface area contributed by atoms with Crippen molar-refractivity contribution in [2.45, 2.75) is 25.9 Å². The van der Waals surface area contributed by atoms with E-state index in [0.29, 0.717) is 18.0 Å². The maximum absolute atomic E-state index is 12.8. The molecule has 0 spiro atoms. The van der Waals surface area contributed by atoms with Gasteiger partial charge in [0.15, 0.2) is 0 Å².